The highest BCUT2D eigenvalue weighted by Gasteiger charge is 2.52. The zero-order valence-corrected chi connectivity index (χ0v) is 18.5. The van der Waals surface area contributed by atoms with E-state index in [0.29, 0.717) is 35.2 Å². The summed E-state index contributed by atoms with van der Waals surface area (Å²) in [7, 11) is 0. The van der Waals surface area contributed by atoms with Gasteiger partial charge in [-0.05, 0) is 55.9 Å². The fraction of sp³-hybridized carbons (Fsp3) is 0.455. The maximum absolute atomic E-state index is 12.9. The average molecular weight is 462 g/mol. The molecule has 2 aromatic rings. The average Bonchev–Trinajstić information content (AvgIpc) is 3.32. The van der Waals surface area contributed by atoms with Crippen molar-refractivity contribution in [1.82, 2.24) is 15.2 Å². The van der Waals surface area contributed by atoms with Gasteiger partial charge in [0.05, 0.1) is 5.69 Å². The molecule has 1 N–H and O–H groups in total. The molecule has 170 valence electrons. The van der Waals surface area contributed by atoms with Crippen LogP contribution in [0.15, 0.2) is 29.6 Å². The number of esters is 1. The van der Waals surface area contributed by atoms with Crippen LogP contribution in [0.25, 0.3) is 0 Å². The number of nitrogens with one attached hydrogen (secondary N) is 1. The van der Waals surface area contributed by atoms with Gasteiger partial charge in [-0.3, -0.25) is 14.5 Å². The van der Waals surface area contributed by atoms with Crippen molar-refractivity contribution in [3.8, 4) is 5.75 Å². The Kier molecular flexibility index (Phi) is 6.40. The van der Waals surface area contributed by atoms with E-state index >= 15 is 0 Å². The zero-order chi connectivity index (χ0) is 22.7. The van der Waals surface area contributed by atoms with Crippen LogP contribution in [-0.2, 0) is 27.5 Å². The normalized spacial score (nSPS) is 22.8. The van der Waals surface area contributed by atoms with Gasteiger partial charge >= 0.3 is 12.0 Å². The Morgan fingerprint density at radius 2 is 1.97 bits per heavy atom. The van der Waals surface area contributed by atoms with E-state index in [2.05, 4.69) is 17.2 Å². The first-order valence-corrected chi connectivity index (χ1v) is 11.3. The van der Waals surface area contributed by atoms with Crippen molar-refractivity contribution in [2.45, 2.75) is 51.4 Å². The minimum atomic E-state index is -0.877. The van der Waals surface area contributed by atoms with Gasteiger partial charge in [-0.25, -0.2) is 14.2 Å². The first kappa shape index (κ1) is 22.2. The third-order valence-electron chi connectivity index (χ3n) is 5.82. The maximum atomic E-state index is 12.9. The SMILES string of the molecule is CC1CCC2(CC1)NC(=O)N(CC(=O)OCc1csc(COc3ccc(F)cc3)n1)C2=O. The summed E-state index contributed by atoms with van der Waals surface area (Å²) >= 11 is 1.34. The number of hydrogen-bond acceptors (Lipinski definition) is 7. The van der Waals surface area contributed by atoms with Crippen molar-refractivity contribution in [2.24, 2.45) is 5.92 Å². The number of ether oxygens (including phenoxy) is 2. The molecule has 1 aliphatic heterocycles. The second kappa shape index (κ2) is 9.23. The number of imide groups is 1. The van der Waals surface area contributed by atoms with Gasteiger partial charge in [0, 0.05) is 5.38 Å². The second-order valence-electron chi connectivity index (χ2n) is 8.22. The van der Waals surface area contributed by atoms with Crippen LogP contribution in [0.5, 0.6) is 5.75 Å². The molecule has 10 heteroatoms. The summed E-state index contributed by atoms with van der Waals surface area (Å²) < 4.78 is 23.7. The second-order valence-corrected chi connectivity index (χ2v) is 9.16. The summed E-state index contributed by atoms with van der Waals surface area (Å²) in [6.45, 7) is 1.83. The number of aromatic nitrogens is 1. The molecule has 8 nitrogen and oxygen atoms in total. The molecule has 2 fully saturated rings. The lowest BCUT2D eigenvalue weighted by Gasteiger charge is -2.33. The topological polar surface area (TPSA) is 97.8 Å². The molecular weight excluding hydrogens is 437 g/mol. The molecule has 0 unspecified atom stereocenters. The van der Waals surface area contributed by atoms with Crippen molar-refractivity contribution < 1.29 is 28.2 Å². The number of rotatable bonds is 7. The summed E-state index contributed by atoms with van der Waals surface area (Å²) in [5, 5.41) is 5.20. The molecule has 3 amide bonds. The van der Waals surface area contributed by atoms with Crippen molar-refractivity contribution in [1.29, 1.82) is 0 Å². The molecule has 32 heavy (non-hydrogen) atoms. The summed E-state index contributed by atoms with van der Waals surface area (Å²) in [6.07, 6.45) is 2.90. The monoisotopic (exact) mass is 461 g/mol. The number of urea groups is 1. The predicted octanol–water partition coefficient (Wildman–Crippen LogP) is 3.41. The van der Waals surface area contributed by atoms with Gasteiger partial charge in [-0.1, -0.05) is 6.92 Å². The van der Waals surface area contributed by atoms with E-state index in [1.54, 1.807) is 5.38 Å². The van der Waals surface area contributed by atoms with E-state index in [1.165, 1.54) is 35.6 Å². The number of carbonyl (C=O) groups is 3. The molecule has 1 aliphatic carbocycles. The highest BCUT2D eigenvalue weighted by atomic mass is 32.1. The first-order valence-electron chi connectivity index (χ1n) is 10.5. The molecule has 1 aromatic heterocycles. The third-order valence-corrected chi connectivity index (χ3v) is 6.69. The van der Waals surface area contributed by atoms with Gasteiger partial charge in [0.2, 0.25) is 0 Å². The number of thiazole rings is 1. The highest BCUT2D eigenvalue weighted by Crippen LogP contribution is 2.36. The van der Waals surface area contributed by atoms with Crippen molar-refractivity contribution >= 4 is 29.2 Å². The van der Waals surface area contributed by atoms with Crippen molar-refractivity contribution in [3.05, 3.63) is 46.2 Å². The minimum Gasteiger partial charge on any atom is -0.486 e. The van der Waals surface area contributed by atoms with Crippen molar-refractivity contribution in [3.63, 3.8) is 0 Å². The molecule has 0 radical (unpaired) electrons. The smallest absolute Gasteiger partial charge is 0.326 e. The van der Waals surface area contributed by atoms with E-state index in [4.69, 9.17) is 9.47 Å². The Balaban J connectivity index is 1.25. The largest absolute Gasteiger partial charge is 0.486 e. The molecule has 1 aromatic carbocycles. The van der Waals surface area contributed by atoms with Crippen LogP contribution in [-0.4, -0.2) is 39.9 Å². The van der Waals surface area contributed by atoms with Crippen LogP contribution in [0.4, 0.5) is 9.18 Å². The fourth-order valence-corrected chi connectivity index (χ4v) is 4.59. The van der Waals surface area contributed by atoms with E-state index in [-0.39, 0.29) is 24.9 Å². The summed E-state index contributed by atoms with van der Waals surface area (Å²) in [5.41, 5.74) is -0.339. The molecule has 4 rings (SSSR count). The molecule has 2 heterocycles. The van der Waals surface area contributed by atoms with Gasteiger partial charge in [-0.2, -0.15) is 0 Å². The van der Waals surface area contributed by atoms with Crippen LogP contribution < -0.4 is 10.1 Å². The Morgan fingerprint density at radius 1 is 1.25 bits per heavy atom. The van der Waals surface area contributed by atoms with Gasteiger partial charge in [-0.15, -0.1) is 11.3 Å². The molecule has 1 saturated carbocycles. The third kappa shape index (κ3) is 4.90. The maximum Gasteiger partial charge on any atom is 0.326 e. The Hall–Kier alpha value is -3.01. The van der Waals surface area contributed by atoms with E-state index in [1.807, 2.05) is 0 Å². The van der Waals surface area contributed by atoms with E-state index in [9.17, 15) is 18.8 Å². The molecule has 1 saturated heterocycles. The van der Waals surface area contributed by atoms with Gasteiger partial charge in [0.15, 0.2) is 0 Å². The Bertz CT molecular complexity index is 1000. The molecule has 2 aliphatic rings. The predicted molar refractivity (Wildman–Crippen MR) is 113 cm³/mol. The number of nitrogens with zero attached hydrogens (tertiary/aromatic N) is 2. The fourth-order valence-electron chi connectivity index (χ4n) is 3.90. The molecule has 1 spiro atoms. The van der Waals surface area contributed by atoms with E-state index in [0.717, 1.165) is 17.7 Å². The lowest BCUT2D eigenvalue weighted by molar-refractivity contribution is -0.149. The molecule has 0 bridgehead atoms. The van der Waals surface area contributed by atoms with Gasteiger partial charge < -0.3 is 14.8 Å². The Morgan fingerprint density at radius 3 is 2.69 bits per heavy atom. The van der Waals surface area contributed by atoms with Crippen molar-refractivity contribution in [2.75, 3.05) is 6.54 Å². The number of amides is 3. The highest BCUT2D eigenvalue weighted by molar-refractivity contribution is 7.09. The van der Waals surface area contributed by atoms with Crippen LogP contribution in [0, 0.1) is 11.7 Å². The van der Waals surface area contributed by atoms with Crippen LogP contribution in [0.1, 0.15) is 43.3 Å². The number of halogens is 1. The molecular formula is C22H24FN3O5S. The van der Waals surface area contributed by atoms with Gasteiger partial charge in [0.1, 0.15) is 41.9 Å². The number of hydrogen-bond donors (Lipinski definition) is 1. The molecule has 0 atom stereocenters. The van der Waals surface area contributed by atoms with Crippen LogP contribution in [0.3, 0.4) is 0 Å². The lowest BCUT2D eigenvalue weighted by atomic mass is 9.77. The van der Waals surface area contributed by atoms with E-state index < -0.39 is 24.1 Å². The first-order chi connectivity index (χ1) is 15.3. The number of benzene rings is 1. The standard InChI is InChI=1S/C22H24FN3O5S/c1-14-6-8-22(9-7-14)20(28)26(21(29)25-22)10-19(27)31-11-16-13-32-18(24-16)12-30-17-4-2-15(23)3-5-17/h2-5,13-14H,6-12H2,1H3,(H,25,29). The summed E-state index contributed by atoms with van der Waals surface area (Å²) in [4.78, 5) is 42.6. The summed E-state index contributed by atoms with van der Waals surface area (Å²) in [6, 6.07) is 5.13. The zero-order valence-electron chi connectivity index (χ0n) is 17.6. The Labute approximate surface area is 188 Å². The van der Waals surface area contributed by atoms with Crippen LogP contribution >= 0.6 is 11.3 Å². The summed E-state index contributed by atoms with van der Waals surface area (Å²) in [5.74, 6) is -0.318. The minimum absolute atomic E-state index is 0.0712. The van der Waals surface area contributed by atoms with Gasteiger partial charge in [0.25, 0.3) is 5.91 Å². The lowest BCUT2D eigenvalue weighted by Crippen LogP contribution is -2.49. The van der Waals surface area contributed by atoms with Crippen LogP contribution in [0.2, 0.25) is 0 Å². The number of carbonyl (C=O) groups excluding carboxylic acids is 3. The quantitative estimate of drug-likeness (QED) is 0.501.